The molecule has 0 saturated carbocycles. The van der Waals surface area contributed by atoms with Crippen LogP contribution >= 0.6 is 0 Å². The third kappa shape index (κ3) is 3.39. The fourth-order valence-electron chi connectivity index (χ4n) is 3.70. The molecule has 10 heteroatoms. The summed E-state index contributed by atoms with van der Waals surface area (Å²) in [5.74, 6) is 4.63. The highest BCUT2D eigenvalue weighted by atomic mass is 16.5. The summed E-state index contributed by atoms with van der Waals surface area (Å²) in [7, 11) is 3.07. The third-order valence-electron chi connectivity index (χ3n) is 5.36. The molecule has 2 aliphatic heterocycles. The fourth-order valence-corrected chi connectivity index (χ4v) is 3.70. The molecule has 160 valence electrons. The summed E-state index contributed by atoms with van der Waals surface area (Å²) in [5.41, 5.74) is 4.69. The van der Waals surface area contributed by atoms with E-state index in [0.717, 1.165) is 0 Å². The molecule has 1 saturated heterocycles. The van der Waals surface area contributed by atoms with E-state index in [-0.39, 0.29) is 31.0 Å². The Morgan fingerprint density at radius 3 is 2.77 bits per heavy atom. The van der Waals surface area contributed by atoms with Crippen LogP contribution in [0.1, 0.15) is 33.0 Å². The van der Waals surface area contributed by atoms with Crippen molar-refractivity contribution in [3.05, 3.63) is 35.2 Å². The summed E-state index contributed by atoms with van der Waals surface area (Å²) in [6.07, 6.45) is 0.227. The molecule has 0 radical (unpaired) electrons. The minimum absolute atomic E-state index is 0.0619. The minimum Gasteiger partial charge on any atom is -0.491 e. The molecule has 0 aliphatic carbocycles. The van der Waals surface area contributed by atoms with Gasteiger partial charge in [0.15, 0.2) is 5.69 Å². The van der Waals surface area contributed by atoms with Crippen molar-refractivity contribution in [1.29, 1.82) is 0 Å². The summed E-state index contributed by atoms with van der Waals surface area (Å²) in [6, 6.07) is 5.07. The summed E-state index contributed by atoms with van der Waals surface area (Å²) < 4.78 is 7.36. The molecule has 2 aromatic rings. The number of aromatic nitrogens is 2. The number of benzene rings is 1. The molecule has 0 bridgehead atoms. The second-order valence-electron chi connectivity index (χ2n) is 7.37. The Morgan fingerprint density at radius 2 is 2.13 bits per heavy atom. The highest BCUT2D eigenvalue weighted by Gasteiger charge is 2.42. The van der Waals surface area contributed by atoms with Gasteiger partial charge in [0, 0.05) is 32.6 Å². The number of carbonyl (C=O) groups is 3. The van der Waals surface area contributed by atoms with Crippen LogP contribution in [0.3, 0.4) is 0 Å². The summed E-state index contributed by atoms with van der Waals surface area (Å²) >= 11 is 0. The predicted octanol–water partition coefficient (Wildman–Crippen LogP) is -0.654. The Hall–Kier alpha value is -3.84. The van der Waals surface area contributed by atoms with E-state index < -0.39 is 23.3 Å². The number of fused-ring (bicyclic) bond motifs is 3. The van der Waals surface area contributed by atoms with Crippen molar-refractivity contribution < 1.29 is 24.2 Å². The van der Waals surface area contributed by atoms with Crippen LogP contribution in [-0.2, 0) is 11.3 Å². The number of hydrogen-bond donors (Lipinski definition) is 3. The zero-order valence-corrected chi connectivity index (χ0v) is 17.1. The quantitative estimate of drug-likeness (QED) is 0.548. The number of nitrogens with one attached hydrogen (secondary N) is 1. The van der Waals surface area contributed by atoms with Gasteiger partial charge >= 0.3 is 0 Å². The molecule has 0 spiro atoms. The van der Waals surface area contributed by atoms with E-state index in [0.29, 0.717) is 29.2 Å². The standard InChI is InChI=1S/C21H21N5O5/c1-23-19(28)16-15(17(22)27)24-18-13-11-12(3-4-14(13)31-10-9-26(16)18)5-6-21(30)7-8-25(2)20(21)29/h3-4,11,30H,7-10H2,1-2H3,(H2,22,27)(H,23,28). The number of nitrogens with zero attached hydrogens (tertiary/aromatic N) is 3. The molecule has 3 amide bonds. The minimum atomic E-state index is -1.72. The van der Waals surface area contributed by atoms with Gasteiger partial charge in [0.1, 0.15) is 23.9 Å². The van der Waals surface area contributed by atoms with Crippen LogP contribution in [0.4, 0.5) is 0 Å². The number of rotatable bonds is 2. The smallest absolute Gasteiger partial charge is 0.270 e. The van der Waals surface area contributed by atoms with Gasteiger partial charge in [-0.05, 0) is 18.2 Å². The first-order valence-corrected chi connectivity index (χ1v) is 9.66. The van der Waals surface area contributed by atoms with Gasteiger partial charge in [-0.1, -0.05) is 11.8 Å². The Morgan fingerprint density at radius 1 is 1.35 bits per heavy atom. The maximum absolute atomic E-state index is 12.4. The Kier molecular flexibility index (Phi) is 4.91. The van der Waals surface area contributed by atoms with Gasteiger partial charge in [0.25, 0.3) is 17.7 Å². The second-order valence-corrected chi connectivity index (χ2v) is 7.37. The van der Waals surface area contributed by atoms with Crippen LogP contribution in [0.25, 0.3) is 11.4 Å². The number of ether oxygens (including phenoxy) is 1. The molecule has 3 heterocycles. The number of primary amides is 1. The highest BCUT2D eigenvalue weighted by molar-refractivity contribution is 6.05. The van der Waals surface area contributed by atoms with Crippen molar-refractivity contribution in [3.63, 3.8) is 0 Å². The lowest BCUT2D eigenvalue weighted by Gasteiger charge is -2.13. The van der Waals surface area contributed by atoms with Gasteiger partial charge in [-0.25, -0.2) is 4.98 Å². The first-order valence-electron chi connectivity index (χ1n) is 9.66. The van der Waals surface area contributed by atoms with Crippen LogP contribution in [0.5, 0.6) is 5.75 Å². The van der Waals surface area contributed by atoms with E-state index in [1.165, 1.54) is 11.9 Å². The van der Waals surface area contributed by atoms with Crippen molar-refractivity contribution in [2.24, 2.45) is 5.73 Å². The molecule has 4 rings (SSSR count). The van der Waals surface area contributed by atoms with E-state index in [4.69, 9.17) is 10.5 Å². The Labute approximate surface area is 178 Å². The zero-order chi connectivity index (χ0) is 22.3. The second kappa shape index (κ2) is 7.45. The van der Waals surface area contributed by atoms with Crippen molar-refractivity contribution in [2.75, 3.05) is 27.2 Å². The van der Waals surface area contributed by atoms with Crippen molar-refractivity contribution in [1.82, 2.24) is 19.8 Å². The molecule has 1 aromatic heterocycles. The van der Waals surface area contributed by atoms with Crippen LogP contribution in [0.2, 0.25) is 0 Å². The first-order chi connectivity index (χ1) is 14.7. The van der Waals surface area contributed by atoms with Gasteiger partial charge in [0.2, 0.25) is 5.60 Å². The lowest BCUT2D eigenvalue weighted by atomic mass is 10.0. The highest BCUT2D eigenvalue weighted by Crippen LogP contribution is 2.34. The van der Waals surface area contributed by atoms with Gasteiger partial charge in [-0.15, -0.1) is 0 Å². The van der Waals surface area contributed by atoms with Crippen molar-refractivity contribution >= 4 is 17.7 Å². The summed E-state index contributed by atoms with van der Waals surface area (Å²) in [6.45, 7) is 0.969. The number of nitrogens with two attached hydrogens (primary N) is 1. The lowest BCUT2D eigenvalue weighted by molar-refractivity contribution is -0.137. The molecule has 10 nitrogen and oxygen atoms in total. The molecular weight excluding hydrogens is 402 g/mol. The number of aliphatic hydroxyl groups is 1. The number of likely N-dealkylation sites (N-methyl/N-ethyl adjacent to an activating group) is 1. The SMILES string of the molecule is CNC(=O)c1c(C(N)=O)nc2n1CCOc1ccc(C#CC3(O)CCN(C)C3=O)cc1-2. The fraction of sp³-hybridized carbons (Fsp3) is 0.333. The number of likely N-dealkylation sites (tertiary alicyclic amines) is 1. The number of hydrogen-bond acceptors (Lipinski definition) is 6. The molecule has 4 N–H and O–H groups in total. The van der Waals surface area contributed by atoms with Crippen LogP contribution < -0.4 is 15.8 Å². The zero-order valence-electron chi connectivity index (χ0n) is 17.1. The molecule has 31 heavy (non-hydrogen) atoms. The lowest BCUT2D eigenvalue weighted by Crippen LogP contribution is -2.37. The predicted molar refractivity (Wildman–Crippen MR) is 109 cm³/mol. The largest absolute Gasteiger partial charge is 0.491 e. The van der Waals surface area contributed by atoms with E-state index in [1.807, 2.05) is 0 Å². The topological polar surface area (TPSA) is 140 Å². The van der Waals surface area contributed by atoms with Crippen LogP contribution in [0.15, 0.2) is 18.2 Å². The van der Waals surface area contributed by atoms with Gasteiger partial charge in [-0.3, -0.25) is 14.4 Å². The van der Waals surface area contributed by atoms with Gasteiger partial charge < -0.3 is 30.4 Å². The van der Waals surface area contributed by atoms with E-state index in [9.17, 15) is 19.5 Å². The van der Waals surface area contributed by atoms with Crippen LogP contribution in [-0.4, -0.2) is 70.1 Å². The summed E-state index contributed by atoms with van der Waals surface area (Å²) in [5, 5.41) is 13.0. The normalized spacial score (nSPS) is 19.5. The van der Waals surface area contributed by atoms with Crippen molar-refractivity contribution in [2.45, 2.75) is 18.6 Å². The molecule has 1 fully saturated rings. The number of carbonyl (C=O) groups excluding carboxylic acids is 3. The van der Waals surface area contributed by atoms with E-state index in [2.05, 4.69) is 22.1 Å². The number of imidazole rings is 1. The molecule has 1 atom stereocenters. The number of amides is 3. The average molecular weight is 423 g/mol. The molecular formula is C21H21N5O5. The monoisotopic (exact) mass is 423 g/mol. The van der Waals surface area contributed by atoms with Gasteiger partial charge in [-0.2, -0.15) is 0 Å². The van der Waals surface area contributed by atoms with Crippen molar-refractivity contribution in [3.8, 4) is 29.0 Å². The maximum atomic E-state index is 12.4. The Balaban J connectivity index is 1.82. The van der Waals surface area contributed by atoms with E-state index >= 15 is 0 Å². The molecule has 1 aromatic carbocycles. The maximum Gasteiger partial charge on any atom is 0.270 e. The first kappa shape index (κ1) is 20.4. The summed E-state index contributed by atoms with van der Waals surface area (Å²) in [4.78, 5) is 42.2. The van der Waals surface area contributed by atoms with Gasteiger partial charge in [0.05, 0.1) is 12.1 Å². The van der Waals surface area contributed by atoms with E-state index in [1.54, 1.807) is 29.8 Å². The molecule has 1 unspecified atom stereocenters. The Bertz CT molecular complexity index is 1170. The molecule has 2 aliphatic rings. The van der Waals surface area contributed by atoms with Crippen LogP contribution in [0, 0.1) is 11.8 Å². The third-order valence-corrected chi connectivity index (χ3v) is 5.36. The average Bonchev–Trinajstić information content (AvgIpc) is 3.19.